The molecule has 1 aliphatic heterocycles. The van der Waals surface area contributed by atoms with Gasteiger partial charge in [0.1, 0.15) is 6.61 Å². The molecule has 1 amide bonds. The number of amides is 1. The second-order valence-corrected chi connectivity index (χ2v) is 6.13. The summed E-state index contributed by atoms with van der Waals surface area (Å²) in [4.78, 5) is 20.4. The van der Waals surface area contributed by atoms with Gasteiger partial charge in [0.2, 0.25) is 5.91 Å². The zero-order valence-corrected chi connectivity index (χ0v) is 13.9. The molecule has 1 saturated heterocycles. The first-order valence-corrected chi connectivity index (χ1v) is 7.92. The van der Waals surface area contributed by atoms with Gasteiger partial charge in [0.25, 0.3) is 0 Å². The highest BCUT2D eigenvalue weighted by molar-refractivity contribution is 5.77. The number of nitrogens with zero attached hydrogens (tertiary/aromatic N) is 6. The molecule has 2 atom stereocenters. The molecule has 1 aliphatic rings. The maximum absolute atomic E-state index is 12.4. The van der Waals surface area contributed by atoms with Crippen molar-refractivity contribution >= 4 is 5.91 Å². The Bertz CT molecular complexity index is 646. The molecule has 0 spiro atoms. The lowest BCUT2D eigenvalue weighted by molar-refractivity contribution is -0.135. The Hall–Kier alpha value is -2.32. The molecule has 8 heteroatoms. The molecular weight excluding hydrogens is 308 g/mol. The number of hydrogen-bond acceptors (Lipinski definition) is 6. The Kier molecular flexibility index (Phi) is 5.17. The van der Waals surface area contributed by atoms with E-state index < -0.39 is 0 Å². The topological polar surface area (TPSA) is 76.4 Å². The minimum atomic E-state index is -0.00615. The predicted octanol–water partition coefficient (Wildman–Crippen LogP) is 0.203. The van der Waals surface area contributed by atoms with Crippen LogP contribution in [0, 0.1) is 0 Å². The standard InChI is InChI=1S/C16H22N6O2/c1-20(2)14-9-21(10-15(14)22-7-6-18-19-22)16(23)12-24-11-13-4-3-5-17-8-13/h3-8,14-15H,9-12H2,1-2H3/t14-,15+/m1/s1. The number of likely N-dealkylation sites (N-methyl/N-ethyl adjacent to an activating group) is 1. The number of rotatable bonds is 6. The first kappa shape index (κ1) is 16.5. The Morgan fingerprint density at radius 2 is 2.25 bits per heavy atom. The number of carbonyl (C=O) groups is 1. The Morgan fingerprint density at radius 1 is 1.38 bits per heavy atom. The van der Waals surface area contributed by atoms with E-state index >= 15 is 0 Å². The van der Waals surface area contributed by atoms with E-state index in [1.807, 2.05) is 42.0 Å². The van der Waals surface area contributed by atoms with Gasteiger partial charge in [-0.05, 0) is 25.7 Å². The number of hydrogen-bond donors (Lipinski definition) is 0. The average Bonchev–Trinajstić information content (AvgIpc) is 3.25. The summed E-state index contributed by atoms with van der Waals surface area (Å²) >= 11 is 0. The predicted molar refractivity (Wildman–Crippen MR) is 87.0 cm³/mol. The van der Waals surface area contributed by atoms with Crippen molar-refractivity contribution in [2.75, 3.05) is 33.8 Å². The van der Waals surface area contributed by atoms with Crippen LogP contribution < -0.4 is 0 Å². The summed E-state index contributed by atoms with van der Waals surface area (Å²) in [6, 6.07) is 4.08. The van der Waals surface area contributed by atoms with Crippen LogP contribution in [0.25, 0.3) is 0 Å². The lowest BCUT2D eigenvalue weighted by Crippen LogP contribution is -2.37. The molecule has 128 valence electrons. The molecule has 0 radical (unpaired) electrons. The van der Waals surface area contributed by atoms with Crippen LogP contribution in [0.15, 0.2) is 36.9 Å². The molecule has 0 saturated carbocycles. The lowest BCUT2D eigenvalue weighted by atomic mass is 10.1. The van der Waals surface area contributed by atoms with Crippen LogP contribution in [-0.2, 0) is 16.1 Å². The van der Waals surface area contributed by atoms with Gasteiger partial charge in [0.05, 0.1) is 24.9 Å². The van der Waals surface area contributed by atoms with Crippen molar-refractivity contribution in [3.8, 4) is 0 Å². The summed E-state index contributed by atoms with van der Waals surface area (Å²) in [6.45, 7) is 1.73. The van der Waals surface area contributed by atoms with Crippen LogP contribution in [0.5, 0.6) is 0 Å². The molecule has 1 fully saturated rings. The molecule has 0 unspecified atom stereocenters. The van der Waals surface area contributed by atoms with E-state index in [4.69, 9.17) is 4.74 Å². The summed E-state index contributed by atoms with van der Waals surface area (Å²) < 4.78 is 7.36. The van der Waals surface area contributed by atoms with Crippen LogP contribution in [0.3, 0.4) is 0 Å². The molecule has 3 rings (SSSR count). The summed E-state index contributed by atoms with van der Waals surface area (Å²) in [7, 11) is 4.03. The van der Waals surface area contributed by atoms with Crippen LogP contribution in [0.2, 0.25) is 0 Å². The minimum absolute atomic E-state index is 0.00615. The third-order valence-electron chi connectivity index (χ3n) is 4.27. The summed E-state index contributed by atoms with van der Waals surface area (Å²) in [5.41, 5.74) is 0.957. The highest BCUT2D eigenvalue weighted by Crippen LogP contribution is 2.24. The molecule has 0 N–H and O–H groups in total. The summed E-state index contributed by atoms with van der Waals surface area (Å²) in [6.07, 6.45) is 6.95. The largest absolute Gasteiger partial charge is 0.367 e. The van der Waals surface area contributed by atoms with E-state index in [0.717, 1.165) is 5.56 Å². The van der Waals surface area contributed by atoms with Crippen molar-refractivity contribution in [2.24, 2.45) is 0 Å². The van der Waals surface area contributed by atoms with Gasteiger partial charge in [0.15, 0.2) is 0 Å². The van der Waals surface area contributed by atoms with Crippen molar-refractivity contribution < 1.29 is 9.53 Å². The van der Waals surface area contributed by atoms with Gasteiger partial charge in [-0.15, -0.1) is 5.10 Å². The van der Waals surface area contributed by atoms with Crippen LogP contribution in [0.1, 0.15) is 11.6 Å². The Morgan fingerprint density at radius 3 is 2.92 bits per heavy atom. The SMILES string of the molecule is CN(C)[C@@H]1CN(C(=O)COCc2cccnc2)C[C@@H]1n1ccnn1. The van der Waals surface area contributed by atoms with Crippen molar-refractivity contribution in [3.05, 3.63) is 42.5 Å². The second kappa shape index (κ2) is 7.50. The maximum atomic E-state index is 12.4. The molecule has 0 aromatic carbocycles. The van der Waals surface area contributed by atoms with Crippen molar-refractivity contribution in [2.45, 2.75) is 18.7 Å². The van der Waals surface area contributed by atoms with Gasteiger partial charge in [-0.25, -0.2) is 4.68 Å². The van der Waals surface area contributed by atoms with Crippen molar-refractivity contribution in [3.63, 3.8) is 0 Å². The van der Waals surface area contributed by atoms with E-state index in [-0.39, 0.29) is 24.6 Å². The van der Waals surface area contributed by atoms with E-state index in [9.17, 15) is 4.79 Å². The number of carbonyl (C=O) groups excluding carboxylic acids is 1. The number of likely N-dealkylation sites (tertiary alicyclic amines) is 1. The number of aromatic nitrogens is 4. The number of pyridine rings is 1. The minimum Gasteiger partial charge on any atom is -0.367 e. The lowest BCUT2D eigenvalue weighted by Gasteiger charge is -2.24. The zero-order chi connectivity index (χ0) is 16.9. The fourth-order valence-electron chi connectivity index (χ4n) is 2.97. The normalized spacial score (nSPS) is 20.7. The highest BCUT2D eigenvalue weighted by Gasteiger charge is 2.38. The first-order chi connectivity index (χ1) is 11.6. The molecule has 3 heterocycles. The summed E-state index contributed by atoms with van der Waals surface area (Å²) in [5.74, 6) is -0.00615. The quantitative estimate of drug-likeness (QED) is 0.753. The third kappa shape index (κ3) is 3.77. The molecule has 8 nitrogen and oxygen atoms in total. The third-order valence-corrected chi connectivity index (χ3v) is 4.27. The van der Waals surface area contributed by atoms with Crippen LogP contribution in [-0.4, -0.2) is 75.5 Å². The average molecular weight is 330 g/mol. The van der Waals surface area contributed by atoms with E-state index in [1.165, 1.54) is 0 Å². The van der Waals surface area contributed by atoms with Crippen molar-refractivity contribution in [1.29, 1.82) is 0 Å². The molecule has 2 aromatic rings. The monoisotopic (exact) mass is 330 g/mol. The fourth-order valence-corrected chi connectivity index (χ4v) is 2.97. The second-order valence-electron chi connectivity index (χ2n) is 6.13. The van der Waals surface area contributed by atoms with E-state index in [1.54, 1.807) is 18.6 Å². The molecule has 0 bridgehead atoms. The van der Waals surface area contributed by atoms with E-state index in [2.05, 4.69) is 20.2 Å². The smallest absolute Gasteiger partial charge is 0.248 e. The Balaban J connectivity index is 1.55. The maximum Gasteiger partial charge on any atom is 0.248 e. The molecule has 2 aromatic heterocycles. The van der Waals surface area contributed by atoms with Crippen LogP contribution in [0.4, 0.5) is 0 Å². The van der Waals surface area contributed by atoms with Gasteiger partial charge >= 0.3 is 0 Å². The summed E-state index contributed by atoms with van der Waals surface area (Å²) in [5, 5.41) is 7.96. The first-order valence-electron chi connectivity index (χ1n) is 7.92. The molecule has 24 heavy (non-hydrogen) atoms. The van der Waals surface area contributed by atoms with Gasteiger partial charge in [0, 0.05) is 31.7 Å². The zero-order valence-electron chi connectivity index (χ0n) is 13.9. The Labute approximate surface area is 141 Å². The fraction of sp³-hybridized carbons (Fsp3) is 0.500. The van der Waals surface area contributed by atoms with Gasteiger partial charge in [-0.1, -0.05) is 11.3 Å². The van der Waals surface area contributed by atoms with Gasteiger partial charge < -0.3 is 14.5 Å². The van der Waals surface area contributed by atoms with Crippen LogP contribution >= 0.6 is 0 Å². The van der Waals surface area contributed by atoms with Gasteiger partial charge in [-0.3, -0.25) is 9.78 Å². The molecular formula is C16H22N6O2. The van der Waals surface area contributed by atoms with E-state index in [0.29, 0.717) is 19.7 Å². The van der Waals surface area contributed by atoms with Crippen molar-refractivity contribution in [1.82, 2.24) is 29.8 Å². The number of ether oxygens (including phenoxy) is 1. The van der Waals surface area contributed by atoms with Gasteiger partial charge in [-0.2, -0.15) is 0 Å². The molecule has 0 aliphatic carbocycles. The highest BCUT2D eigenvalue weighted by atomic mass is 16.5.